The molecule has 0 fully saturated rings. The average molecular weight is 354 g/mol. The highest BCUT2D eigenvalue weighted by molar-refractivity contribution is 4.95. The SMILES string of the molecule is CCCCCCCCCCCCCCC/C=C/[C@H](O)[C@@H](CO)N=[N+]=[N-]. The molecule has 146 valence electrons. The Balaban J connectivity index is 3.36. The molecule has 0 bridgehead atoms. The van der Waals surface area contributed by atoms with Gasteiger partial charge in [-0.2, -0.15) is 0 Å². The highest BCUT2D eigenvalue weighted by atomic mass is 16.3. The first-order chi connectivity index (χ1) is 12.3. The van der Waals surface area contributed by atoms with E-state index in [1.54, 1.807) is 6.08 Å². The summed E-state index contributed by atoms with van der Waals surface area (Å²) in [5.41, 5.74) is 8.33. The lowest BCUT2D eigenvalue weighted by Gasteiger charge is -2.11. The summed E-state index contributed by atoms with van der Waals surface area (Å²) in [5.74, 6) is 0. The minimum atomic E-state index is -0.900. The maximum absolute atomic E-state index is 9.73. The van der Waals surface area contributed by atoms with E-state index in [1.165, 1.54) is 77.0 Å². The second kappa shape index (κ2) is 19.3. The summed E-state index contributed by atoms with van der Waals surface area (Å²) >= 11 is 0. The van der Waals surface area contributed by atoms with Crippen LogP contribution in [0, 0.1) is 0 Å². The van der Waals surface area contributed by atoms with Crippen LogP contribution in [0.5, 0.6) is 0 Å². The van der Waals surface area contributed by atoms with E-state index in [9.17, 15) is 5.11 Å². The number of allylic oxidation sites excluding steroid dienone is 1. The van der Waals surface area contributed by atoms with Crippen molar-refractivity contribution in [1.29, 1.82) is 0 Å². The predicted molar refractivity (Wildman–Crippen MR) is 105 cm³/mol. The smallest absolute Gasteiger partial charge is 0.0900 e. The molecule has 0 saturated carbocycles. The summed E-state index contributed by atoms with van der Waals surface area (Å²) in [5, 5.41) is 22.1. The lowest BCUT2D eigenvalue weighted by atomic mass is 10.0. The first kappa shape index (κ1) is 24.0. The van der Waals surface area contributed by atoms with Gasteiger partial charge < -0.3 is 10.2 Å². The van der Waals surface area contributed by atoms with Crippen LogP contribution >= 0.6 is 0 Å². The van der Waals surface area contributed by atoms with Crippen molar-refractivity contribution < 1.29 is 10.2 Å². The molecule has 0 aliphatic heterocycles. The fraction of sp³-hybridized carbons (Fsp3) is 0.900. The molecule has 0 saturated heterocycles. The lowest BCUT2D eigenvalue weighted by Crippen LogP contribution is -2.25. The molecule has 0 aliphatic rings. The maximum Gasteiger partial charge on any atom is 0.0900 e. The van der Waals surface area contributed by atoms with Crippen LogP contribution in [0.4, 0.5) is 0 Å². The average Bonchev–Trinajstić information content (AvgIpc) is 2.62. The minimum absolute atomic E-state index is 0.339. The zero-order valence-corrected chi connectivity index (χ0v) is 16.2. The molecule has 0 aromatic carbocycles. The third-order valence-electron chi connectivity index (χ3n) is 4.59. The van der Waals surface area contributed by atoms with Crippen LogP contribution in [0.3, 0.4) is 0 Å². The number of aliphatic hydroxyl groups excluding tert-OH is 2. The number of hydrogen-bond acceptors (Lipinski definition) is 3. The van der Waals surface area contributed by atoms with Gasteiger partial charge in [-0.15, -0.1) is 0 Å². The van der Waals surface area contributed by atoms with Gasteiger partial charge in [0.15, 0.2) is 0 Å². The van der Waals surface area contributed by atoms with Crippen LogP contribution in [-0.4, -0.2) is 29.0 Å². The molecule has 2 atom stereocenters. The van der Waals surface area contributed by atoms with Crippen molar-refractivity contribution in [2.24, 2.45) is 5.11 Å². The van der Waals surface area contributed by atoms with Gasteiger partial charge in [0.25, 0.3) is 0 Å². The lowest BCUT2D eigenvalue weighted by molar-refractivity contribution is 0.144. The van der Waals surface area contributed by atoms with E-state index < -0.39 is 12.1 Å². The second-order valence-electron chi connectivity index (χ2n) is 6.90. The highest BCUT2D eigenvalue weighted by Crippen LogP contribution is 2.13. The van der Waals surface area contributed by atoms with Crippen molar-refractivity contribution in [3.8, 4) is 0 Å². The topological polar surface area (TPSA) is 89.2 Å². The molecule has 2 N–H and O–H groups in total. The third kappa shape index (κ3) is 16.2. The van der Waals surface area contributed by atoms with Crippen LogP contribution in [-0.2, 0) is 0 Å². The number of rotatable bonds is 18. The van der Waals surface area contributed by atoms with Crippen LogP contribution in [0.1, 0.15) is 96.8 Å². The van der Waals surface area contributed by atoms with Crippen molar-refractivity contribution in [2.45, 2.75) is 109 Å². The molecule has 5 nitrogen and oxygen atoms in total. The Kier molecular flexibility index (Phi) is 18.5. The van der Waals surface area contributed by atoms with Crippen molar-refractivity contribution in [2.75, 3.05) is 6.61 Å². The van der Waals surface area contributed by atoms with Crippen LogP contribution < -0.4 is 0 Å². The molecule has 0 aliphatic carbocycles. The number of unbranched alkanes of at least 4 members (excludes halogenated alkanes) is 13. The summed E-state index contributed by atoms with van der Waals surface area (Å²) in [7, 11) is 0. The van der Waals surface area contributed by atoms with Gasteiger partial charge in [0.1, 0.15) is 0 Å². The first-order valence-corrected chi connectivity index (χ1v) is 10.3. The normalized spacial score (nSPS) is 13.7. The largest absolute Gasteiger partial charge is 0.396 e. The Morgan fingerprint density at radius 2 is 1.36 bits per heavy atom. The summed E-state index contributed by atoms with van der Waals surface area (Å²) in [6, 6.07) is -0.784. The number of hydrogen-bond donors (Lipinski definition) is 2. The number of azide groups is 1. The van der Waals surface area contributed by atoms with E-state index in [2.05, 4.69) is 16.9 Å². The van der Waals surface area contributed by atoms with Gasteiger partial charge in [0, 0.05) is 4.91 Å². The van der Waals surface area contributed by atoms with E-state index in [1.807, 2.05) is 6.08 Å². The Hall–Kier alpha value is -1.03. The zero-order chi connectivity index (χ0) is 18.6. The van der Waals surface area contributed by atoms with Gasteiger partial charge >= 0.3 is 0 Å². The van der Waals surface area contributed by atoms with Gasteiger partial charge in [-0.25, -0.2) is 0 Å². The second-order valence-corrected chi connectivity index (χ2v) is 6.90. The summed E-state index contributed by atoms with van der Waals surface area (Å²) in [6.45, 7) is 1.92. The van der Waals surface area contributed by atoms with Crippen molar-refractivity contribution in [3.63, 3.8) is 0 Å². The maximum atomic E-state index is 9.73. The number of aliphatic hydroxyl groups is 2. The van der Waals surface area contributed by atoms with Gasteiger partial charge in [0.2, 0.25) is 0 Å². The van der Waals surface area contributed by atoms with Gasteiger partial charge in [-0.05, 0) is 18.4 Å². The molecule has 0 amide bonds. The van der Waals surface area contributed by atoms with E-state index in [0.29, 0.717) is 0 Å². The van der Waals surface area contributed by atoms with Gasteiger partial charge in [-0.3, -0.25) is 0 Å². The monoisotopic (exact) mass is 353 g/mol. The van der Waals surface area contributed by atoms with Crippen molar-refractivity contribution in [1.82, 2.24) is 0 Å². The van der Waals surface area contributed by atoms with E-state index in [-0.39, 0.29) is 6.61 Å². The van der Waals surface area contributed by atoms with Crippen LogP contribution in [0.15, 0.2) is 17.3 Å². The Morgan fingerprint density at radius 3 is 1.80 bits per heavy atom. The molecule has 0 rings (SSSR count). The summed E-state index contributed by atoms with van der Waals surface area (Å²) in [6.07, 6.45) is 21.0. The summed E-state index contributed by atoms with van der Waals surface area (Å²) in [4.78, 5) is 2.62. The van der Waals surface area contributed by atoms with E-state index in [0.717, 1.165) is 12.8 Å². The van der Waals surface area contributed by atoms with Crippen LogP contribution in [0.2, 0.25) is 0 Å². The Labute approximate surface area is 154 Å². The molecule has 0 aromatic heterocycles. The Bertz CT molecular complexity index is 355. The molecule has 0 heterocycles. The molecular weight excluding hydrogens is 314 g/mol. The minimum Gasteiger partial charge on any atom is -0.396 e. The fourth-order valence-electron chi connectivity index (χ4n) is 2.92. The first-order valence-electron chi connectivity index (χ1n) is 10.3. The van der Waals surface area contributed by atoms with E-state index in [4.69, 9.17) is 10.6 Å². The molecule has 25 heavy (non-hydrogen) atoms. The molecule has 0 spiro atoms. The quantitative estimate of drug-likeness (QED) is 0.103. The fourth-order valence-corrected chi connectivity index (χ4v) is 2.92. The molecule has 5 heteroatoms. The van der Waals surface area contributed by atoms with Gasteiger partial charge in [0.05, 0.1) is 18.8 Å². The Morgan fingerprint density at radius 1 is 0.880 bits per heavy atom. The predicted octanol–water partition coefficient (Wildman–Crippen LogP) is 6.06. The van der Waals surface area contributed by atoms with Crippen molar-refractivity contribution in [3.05, 3.63) is 22.6 Å². The molecule has 0 aromatic rings. The summed E-state index contributed by atoms with van der Waals surface area (Å²) < 4.78 is 0. The third-order valence-corrected chi connectivity index (χ3v) is 4.59. The number of nitrogens with zero attached hydrogens (tertiary/aromatic N) is 3. The van der Waals surface area contributed by atoms with Crippen LogP contribution in [0.25, 0.3) is 10.4 Å². The zero-order valence-electron chi connectivity index (χ0n) is 16.2. The van der Waals surface area contributed by atoms with E-state index >= 15 is 0 Å². The molecule has 0 unspecified atom stereocenters. The van der Waals surface area contributed by atoms with Gasteiger partial charge in [-0.1, -0.05) is 101 Å². The standard InChI is InChI=1S/C20H39N3O2/c1-2-3-4-5-6-7-8-9-10-11-12-13-14-15-16-17-20(25)19(18-24)22-23-21/h16-17,19-20,24-25H,2-15,18H2,1H3/b17-16+/t19-,20+/m1/s1. The molecular formula is C20H39N3O2. The van der Waals surface area contributed by atoms with Crippen molar-refractivity contribution >= 4 is 0 Å². The highest BCUT2D eigenvalue weighted by Gasteiger charge is 2.12. The molecule has 0 radical (unpaired) electrons.